The summed E-state index contributed by atoms with van der Waals surface area (Å²) >= 11 is 0. The van der Waals surface area contributed by atoms with Crippen LogP contribution in [0.1, 0.15) is 70.8 Å². The van der Waals surface area contributed by atoms with Gasteiger partial charge in [-0.05, 0) is 44.3 Å². The monoisotopic (exact) mass is 614 g/mol. The maximum Gasteiger partial charge on any atom is 0.410 e. The molecule has 0 bridgehead atoms. The summed E-state index contributed by atoms with van der Waals surface area (Å²) in [6.45, 7) is 4.94. The van der Waals surface area contributed by atoms with Crippen molar-refractivity contribution >= 4 is 17.9 Å². The number of hydrogen-bond acceptors (Lipinski definition) is 7. The Kier molecular flexibility index (Phi) is 16.3. The summed E-state index contributed by atoms with van der Waals surface area (Å²) in [6, 6.07) is 7.33. The third kappa shape index (κ3) is 13.2. The van der Waals surface area contributed by atoms with E-state index in [9.17, 15) is 24.6 Å². The normalized spacial score (nSPS) is 17.2. The predicted molar refractivity (Wildman–Crippen MR) is 172 cm³/mol. The van der Waals surface area contributed by atoms with Crippen LogP contribution in [0.2, 0.25) is 0 Å². The predicted octanol–water partition coefficient (Wildman–Crippen LogP) is 2.96. The van der Waals surface area contributed by atoms with E-state index < -0.39 is 48.3 Å². The van der Waals surface area contributed by atoms with E-state index in [0.29, 0.717) is 31.8 Å². The number of terminal acetylenes is 1. The molecule has 10 nitrogen and oxygen atoms in total. The van der Waals surface area contributed by atoms with Gasteiger partial charge in [0.1, 0.15) is 12.1 Å². The van der Waals surface area contributed by atoms with Gasteiger partial charge < -0.3 is 35.4 Å². The Hall–Kier alpha value is -3.13. The first-order valence-electron chi connectivity index (χ1n) is 15.9. The van der Waals surface area contributed by atoms with Crippen molar-refractivity contribution < 1.29 is 29.3 Å². The second-order valence-electron chi connectivity index (χ2n) is 12.8. The fourth-order valence-electron chi connectivity index (χ4n) is 5.50. The van der Waals surface area contributed by atoms with E-state index >= 15 is 0 Å². The maximum atomic E-state index is 13.6. The average molecular weight is 615 g/mol. The van der Waals surface area contributed by atoms with Crippen LogP contribution < -0.4 is 10.6 Å². The van der Waals surface area contributed by atoms with Crippen molar-refractivity contribution in [2.45, 2.75) is 102 Å². The van der Waals surface area contributed by atoms with Crippen molar-refractivity contribution in [2.24, 2.45) is 11.8 Å². The van der Waals surface area contributed by atoms with Crippen molar-refractivity contribution in [1.82, 2.24) is 20.4 Å². The second kappa shape index (κ2) is 19.3. The molecule has 0 aliphatic heterocycles. The quantitative estimate of drug-likeness (QED) is 0.199. The fraction of sp³-hybridized carbons (Fsp3) is 0.676. The standard InChI is InChI=1S/C34H54N4O6/c1-7-14-27(32(41)36-28(22-25-15-10-8-11-16-25)31(40)29(39)21-24(2)3)35-33(42)30(23-26-17-12-9-13-18-26)44-34(43)38(6)20-19-37(4)5/h1,9,12-13,17-18,24-25,27-31,39-40H,8,10-11,14-16,19-23H2,2-6H3,(H,35,42)(H,36,41)/t27?,28?,29?,30?,31-/m1/s1. The average Bonchev–Trinajstić information content (AvgIpc) is 2.99. The summed E-state index contributed by atoms with van der Waals surface area (Å²) in [5, 5.41) is 27.5. The third-order valence-electron chi connectivity index (χ3n) is 8.11. The van der Waals surface area contributed by atoms with Gasteiger partial charge in [-0.2, -0.15) is 0 Å². The Balaban J connectivity index is 2.21. The highest BCUT2D eigenvalue weighted by Gasteiger charge is 2.34. The summed E-state index contributed by atoms with van der Waals surface area (Å²) < 4.78 is 5.66. The summed E-state index contributed by atoms with van der Waals surface area (Å²) in [5.41, 5.74) is 0.782. The Bertz CT molecular complexity index is 1050. The molecular weight excluding hydrogens is 560 g/mol. The Morgan fingerprint density at radius 1 is 1.00 bits per heavy atom. The van der Waals surface area contributed by atoms with Crippen LogP contribution in [0.5, 0.6) is 0 Å². The molecule has 246 valence electrons. The van der Waals surface area contributed by atoms with Gasteiger partial charge in [0.05, 0.1) is 12.1 Å². The molecule has 1 fully saturated rings. The number of carbonyl (C=O) groups excluding carboxylic acids is 3. The number of carbonyl (C=O) groups is 3. The SMILES string of the molecule is C#CCC(NC(=O)C(Cc1ccccc1)OC(=O)N(C)CCN(C)C)C(=O)NC(CC1CCCCC1)[C@@H](O)C(O)CC(C)C. The topological polar surface area (TPSA) is 131 Å². The number of nitrogens with one attached hydrogen (secondary N) is 2. The van der Waals surface area contributed by atoms with Crippen LogP contribution in [0.25, 0.3) is 0 Å². The highest BCUT2D eigenvalue weighted by Crippen LogP contribution is 2.29. The number of rotatable bonds is 17. The number of aliphatic hydroxyl groups is 2. The van der Waals surface area contributed by atoms with Gasteiger partial charge in [-0.3, -0.25) is 9.59 Å². The minimum Gasteiger partial charge on any atom is -0.436 e. The van der Waals surface area contributed by atoms with Gasteiger partial charge in [0, 0.05) is 33.0 Å². The molecule has 0 radical (unpaired) electrons. The number of ether oxygens (including phenoxy) is 1. The van der Waals surface area contributed by atoms with Crippen molar-refractivity contribution in [1.29, 1.82) is 0 Å². The van der Waals surface area contributed by atoms with Gasteiger partial charge >= 0.3 is 6.09 Å². The van der Waals surface area contributed by atoms with Crippen molar-refractivity contribution in [3.63, 3.8) is 0 Å². The molecule has 1 aromatic rings. The zero-order chi connectivity index (χ0) is 32.6. The number of hydrogen-bond donors (Lipinski definition) is 4. The zero-order valence-corrected chi connectivity index (χ0v) is 27.2. The summed E-state index contributed by atoms with van der Waals surface area (Å²) in [6.07, 6.45) is 7.81. The molecule has 5 atom stereocenters. The van der Waals surface area contributed by atoms with Crippen LogP contribution in [-0.2, 0) is 20.7 Å². The lowest BCUT2D eigenvalue weighted by Gasteiger charge is -2.33. The number of benzene rings is 1. The lowest BCUT2D eigenvalue weighted by Crippen LogP contribution is -2.56. The van der Waals surface area contributed by atoms with Gasteiger partial charge in [0.25, 0.3) is 5.91 Å². The smallest absolute Gasteiger partial charge is 0.410 e. The fourth-order valence-corrected chi connectivity index (χ4v) is 5.50. The van der Waals surface area contributed by atoms with Crippen LogP contribution in [0.4, 0.5) is 4.79 Å². The number of likely N-dealkylation sites (N-methyl/N-ethyl adjacent to an activating group) is 2. The molecular formula is C34H54N4O6. The molecule has 4 unspecified atom stereocenters. The molecule has 0 heterocycles. The molecule has 4 N–H and O–H groups in total. The number of amides is 3. The second-order valence-corrected chi connectivity index (χ2v) is 12.8. The highest BCUT2D eigenvalue weighted by atomic mass is 16.6. The molecule has 0 spiro atoms. The maximum absolute atomic E-state index is 13.6. The molecule has 0 saturated heterocycles. The van der Waals surface area contributed by atoms with E-state index in [0.717, 1.165) is 31.2 Å². The molecule has 0 aromatic heterocycles. The van der Waals surface area contributed by atoms with Crippen LogP contribution in [0.3, 0.4) is 0 Å². The lowest BCUT2D eigenvalue weighted by molar-refractivity contribution is -0.135. The van der Waals surface area contributed by atoms with Gasteiger partial charge in [0.15, 0.2) is 6.10 Å². The van der Waals surface area contributed by atoms with Gasteiger partial charge in [-0.25, -0.2) is 4.79 Å². The van der Waals surface area contributed by atoms with E-state index in [4.69, 9.17) is 11.2 Å². The first-order valence-corrected chi connectivity index (χ1v) is 15.9. The van der Waals surface area contributed by atoms with E-state index in [1.165, 1.54) is 11.3 Å². The highest BCUT2D eigenvalue weighted by molar-refractivity contribution is 5.90. The summed E-state index contributed by atoms with van der Waals surface area (Å²) in [7, 11) is 5.39. The van der Waals surface area contributed by atoms with E-state index in [2.05, 4.69) is 16.6 Å². The Morgan fingerprint density at radius 3 is 2.25 bits per heavy atom. The molecule has 1 saturated carbocycles. The van der Waals surface area contributed by atoms with Crippen LogP contribution in [-0.4, -0.2) is 103 Å². The molecule has 1 aliphatic carbocycles. The summed E-state index contributed by atoms with van der Waals surface area (Å²) in [4.78, 5) is 43.4. The van der Waals surface area contributed by atoms with Gasteiger partial charge in [0.2, 0.25) is 5.91 Å². The zero-order valence-electron chi connectivity index (χ0n) is 27.2. The van der Waals surface area contributed by atoms with Crippen LogP contribution in [0.15, 0.2) is 30.3 Å². The molecule has 1 aliphatic rings. The summed E-state index contributed by atoms with van der Waals surface area (Å²) in [5.74, 6) is 1.72. The lowest BCUT2D eigenvalue weighted by atomic mass is 9.82. The molecule has 2 rings (SSSR count). The largest absolute Gasteiger partial charge is 0.436 e. The third-order valence-corrected chi connectivity index (χ3v) is 8.11. The molecule has 10 heteroatoms. The number of aliphatic hydroxyl groups excluding tert-OH is 2. The number of nitrogens with zero attached hydrogens (tertiary/aromatic N) is 2. The molecule has 44 heavy (non-hydrogen) atoms. The van der Waals surface area contributed by atoms with Crippen LogP contribution in [0, 0.1) is 24.2 Å². The minimum atomic E-state index is -1.21. The van der Waals surface area contributed by atoms with Gasteiger partial charge in [-0.15, -0.1) is 12.3 Å². The molecule has 1 aromatic carbocycles. The Labute approximate surface area is 263 Å². The van der Waals surface area contributed by atoms with Crippen molar-refractivity contribution in [3.8, 4) is 12.3 Å². The van der Waals surface area contributed by atoms with Crippen molar-refractivity contribution in [3.05, 3.63) is 35.9 Å². The first kappa shape index (κ1) is 37.1. The van der Waals surface area contributed by atoms with E-state index in [1.807, 2.05) is 63.2 Å². The first-order chi connectivity index (χ1) is 20.9. The van der Waals surface area contributed by atoms with Gasteiger partial charge in [-0.1, -0.05) is 76.3 Å². The van der Waals surface area contributed by atoms with Crippen molar-refractivity contribution in [2.75, 3.05) is 34.2 Å². The molecule has 3 amide bonds. The Morgan fingerprint density at radius 2 is 1.66 bits per heavy atom. The minimum absolute atomic E-state index is 0.104. The van der Waals surface area contributed by atoms with E-state index in [1.54, 1.807) is 7.05 Å². The van der Waals surface area contributed by atoms with E-state index in [-0.39, 0.29) is 18.8 Å². The van der Waals surface area contributed by atoms with Crippen LogP contribution >= 0.6 is 0 Å².